The number of benzene rings is 1. The average molecular weight is 265 g/mol. The number of nitrogens with one attached hydrogen (secondary N) is 1. The molecule has 1 unspecified atom stereocenters. The van der Waals surface area contributed by atoms with Crippen LogP contribution < -0.4 is 19.5 Å². The van der Waals surface area contributed by atoms with Gasteiger partial charge in [0.2, 0.25) is 11.7 Å². The third-order valence-corrected chi connectivity index (χ3v) is 3.34. The second-order valence-corrected chi connectivity index (χ2v) is 4.50. The van der Waals surface area contributed by atoms with Crippen LogP contribution in [0.2, 0.25) is 0 Å². The topological polar surface area (TPSA) is 56.8 Å². The quantitative estimate of drug-likeness (QED) is 0.877. The second kappa shape index (κ2) is 5.82. The molecule has 19 heavy (non-hydrogen) atoms. The molecule has 1 fully saturated rings. The maximum absolute atomic E-state index is 11.2. The SMILES string of the molecule is COc1ccc(CC2CCC(=O)N2)c(OC)c1OC. The highest BCUT2D eigenvalue weighted by atomic mass is 16.5. The van der Waals surface area contributed by atoms with Gasteiger partial charge in [-0.15, -0.1) is 0 Å². The van der Waals surface area contributed by atoms with Crippen molar-refractivity contribution in [1.29, 1.82) is 0 Å². The van der Waals surface area contributed by atoms with Gasteiger partial charge in [0.05, 0.1) is 21.3 Å². The Morgan fingerprint density at radius 2 is 1.89 bits per heavy atom. The number of methoxy groups -OCH3 is 3. The van der Waals surface area contributed by atoms with E-state index in [0.29, 0.717) is 23.7 Å². The second-order valence-electron chi connectivity index (χ2n) is 4.50. The maximum Gasteiger partial charge on any atom is 0.220 e. The molecule has 1 aliphatic rings. The highest BCUT2D eigenvalue weighted by molar-refractivity contribution is 5.78. The molecule has 104 valence electrons. The average Bonchev–Trinajstić information content (AvgIpc) is 2.83. The molecule has 0 aromatic heterocycles. The zero-order valence-electron chi connectivity index (χ0n) is 11.5. The van der Waals surface area contributed by atoms with Gasteiger partial charge in [-0.25, -0.2) is 0 Å². The van der Waals surface area contributed by atoms with Crippen LogP contribution in [-0.4, -0.2) is 33.3 Å². The van der Waals surface area contributed by atoms with Crippen molar-refractivity contribution in [3.8, 4) is 17.2 Å². The maximum atomic E-state index is 11.2. The Morgan fingerprint density at radius 3 is 2.42 bits per heavy atom. The lowest BCUT2D eigenvalue weighted by Crippen LogP contribution is -2.27. The van der Waals surface area contributed by atoms with E-state index in [4.69, 9.17) is 14.2 Å². The van der Waals surface area contributed by atoms with E-state index in [1.165, 1.54) is 0 Å². The molecule has 5 nitrogen and oxygen atoms in total. The molecule has 1 atom stereocenters. The summed E-state index contributed by atoms with van der Waals surface area (Å²) < 4.78 is 16.0. The van der Waals surface area contributed by atoms with Gasteiger partial charge in [0.25, 0.3) is 0 Å². The minimum atomic E-state index is 0.115. The van der Waals surface area contributed by atoms with Gasteiger partial charge in [-0.05, 0) is 18.9 Å². The van der Waals surface area contributed by atoms with Crippen molar-refractivity contribution >= 4 is 5.91 Å². The van der Waals surface area contributed by atoms with Gasteiger partial charge < -0.3 is 19.5 Å². The van der Waals surface area contributed by atoms with Crippen LogP contribution >= 0.6 is 0 Å². The molecule has 1 heterocycles. The number of carbonyl (C=O) groups excluding carboxylic acids is 1. The Labute approximate surface area is 112 Å². The van der Waals surface area contributed by atoms with Crippen molar-refractivity contribution in [2.45, 2.75) is 25.3 Å². The van der Waals surface area contributed by atoms with Crippen LogP contribution in [0.3, 0.4) is 0 Å². The molecule has 1 aromatic rings. The molecular formula is C14H19NO4. The zero-order chi connectivity index (χ0) is 13.8. The smallest absolute Gasteiger partial charge is 0.220 e. The number of hydrogen-bond donors (Lipinski definition) is 1. The molecule has 1 aliphatic heterocycles. The fourth-order valence-corrected chi connectivity index (χ4v) is 2.42. The summed E-state index contributed by atoms with van der Waals surface area (Å²) in [4.78, 5) is 11.2. The van der Waals surface area contributed by atoms with Crippen LogP contribution in [0.5, 0.6) is 17.2 Å². The van der Waals surface area contributed by atoms with Crippen LogP contribution in [0.25, 0.3) is 0 Å². The first kappa shape index (κ1) is 13.5. The summed E-state index contributed by atoms with van der Waals surface area (Å²) in [5, 5.41) is 2.95. The standard InChI is InChI=1S/C14H19NO4/c1-17-11-6-4-9(13(18-2)14(11)19-3)8-10-5-7-12(16)15-10/h4,6,10H,5,7-8H2,1-3H3,(H,15,16). The van der Waals surface area contributed by atoms with E-state index in [1.54, 1.807) is 21.3 Å². The van der Waals surface area contributed by atoms with E-state index < -0.39 is 0 Å². The Balaban J connectivity index is 2.27. The number of rotatable bonds is 5. The molecule has 0 saturated carbocycles. The van der Waals surface area contributed by atoms with Crippen LogP contribution in [0.4, 0.5) is 0 Å². The van der Waals surface area contributed by atoms with Gasteiger partial charge in [0.1, 0.15) is 0 Å². The van der Waals surface area contributed by atoms with Crippen LogP contribution in [0, 0.1) is 0 Å². The fraction of sp³-hybridized carbons (Fsp3) is 0.500. The summed E-state index contributed by atoms with van der Waals surface area (Å²) in [5.41, 5.74) is 1.01. The van der Waals surface area contributed by atoms with Gasteiger partial charge in [0, 0.05) is 18.0 Å². The molecule has 0 bridgehead atoms. The molecule has 5 heteroatoms. The molecule has 0 spiro atoms. The highest BCUT2D eigenvalue weighted by Crippen LogP contribution is 2.40. The van der Waals surface area contributed by atoms with E-state index in [-0.39, 0.29) is 11.9 Å². The Hall–Kier alpha value is -1.91. The number of ether oxygens (including phenoxy) is 3. The number of hydrogen-bond acceptors (Lipinski definition) is 4. The third kappa shape index (κ3) is 2.75. The minimum absolute atomic E-state index is 0.115. The summed E-state index contributed by atoms with van der Waals surface area (Å²) >= 11 is 0. The molecule has 1 N–H and O–H groups in total. The van der Waals surface area contributed by atoms with Gasteiger partial charge in [-0.2, -0.15) is 0 Å². The van der Waals surface area contributed by atoms with Crippen molar-refractivity contribution in [2.24, 2.45) is 0 Å². The van der Waals surface area contributed by atoms with Crippen molar-refractivity contribution in [3.05, 3.63) is 17.7 Å². The summed E-state index contributed by atoms with van der Waals surface area (Å²) in [6, 6.07) is 3.97. The van der Waals surface area contributed by atoms with Gasteiger partial charge >= 0.3 is 0 Å². The monoisotopic (exact) mass is 265 g/mol. The molecule has 0 radical (unpaired) electrons. The normalized spacial score (nSPS) is 18.1. The lowest BCUT2D eigenvalue weighted by molar-refractivity contribution is -0.119. The largest absolute Gasteiger partial charge is 0.493 e. The fourth-order valence-electron chi connectivity index (χ4n) is 2.42. The first-order chi connectivity index (χ1) is 9.19. The first-order valence-corrected chi connectivity index (χ1v) is 6.26. The van der Waals surface area contributed by atoms with Crippen LogP contribution in [0.15, 0.2) is 12.1 Å². The molecule has 1 amide bonds. The summed E-state index contributed by atoms with van der Waals surface area (Å²) in [6.45, 7) is 0. The Morgan fingerprint density at radius 1 is 1.16 bits per heavy atom. The molecule has 0 aliphatic carbocycles. The van der Waals surface area contributed by atoms with Crippen LogP contribution in [0.1, 0.15) is 18.4 Å². The summed E-state index contributed by atoms with van der Waals surface area (Å²) in [6.07, 6.45) is 2.19. The Bertz CT molecular complexity index is 473. The van der Waals surface area contributed by atoms with E-state index in [0.717, 1.165) is 18.4 Å². The van der Waals surface area contributed by atoms with Crippen molar-refractivity contribution < 1.29 is 19.0 Å². The van der Waals surface area contributed by atoms with E-state index >= 15 is 0 Å². The van der Waals surface area contributed by atoms with Crippen LogP contribution in [-0.2, 0) is 11.2 Å². The van der Waals surface area contributed by atoms with E-state index in [1.807, 2.05) is 12.1 Å². The molecule has 1 aromatic carbocycles. The predicted molar refractivity (Wildman–Crippen MR) is 71.0 cm³/mol. The van der Waals surface area contributed by atoms with E-state index in [2.05, 4.69) is 5.32 Å². The number of amides is 1. The minimum Gasteiger partial charge on any atom is -0.493 e. The molecule has 1 saturated heterocycles. The Kier molecular flexibility index (Phi) is 4.14. The highest BCUT2D eigenvalue weighted by Gasteiger charge is 2.24. The lowest BCUT2D eigenvalue weighted by atomic mass is 10.0. The molecular weight excluding hydrogens is 246 g/mol. The van der Waals surface area contributed by atoms with E-state index in [9.17, 15) is 4.79 Å². The third-order valence-electron chi connectivity index (χ3n) is 3.34. The van der Waals surface area contributed by atoms with Gasteiger partial charge in [0.15, 0.2) is 11.5 Å². The van der Waals surface area contributed by atoms with Gasteiger partial charge in [-0.1, -0.05) is 6.07 Å². The predicted octanol–water partition coefficient (Wildman–Crippen LogP) is 1.53. The summed E-state index contributed by atoms with van der Waals surface area (Å²) in [5.74, 6) is 2.01. The van der Waals surface area contributed by atoms with Crippen molar-refractivity contribution in [2.75, 3.05) is 21.3 Å². The summed E-state index contributed by atoms with van der Waals surface area (Å²) in [7, 11) is 4.78. The van der Waals surface area contributed by atoms with Crippen molar-refractivity contribution in [3.63, 3.8) is 0 Å². The number of carbonyl (C=O) groups is 1. The first-order valence-electron chi connectivity index (χ1n) is 6.26. The van der Waals surface area contributed by atoms with Crippen molar-refractivity contribution in [1.82, 2.24) is 5.32 Å². The lowest BCUT2D eigenvalue weighted by Gasteiger charge is -2.17. The zero-order valence-corrected chi connectivity index (χ0v) is 11.5. The molecule has 2 rings (SSSR count). The van der Waals surface area contributed by atoms with Gasteiger partial charge in [-0.3, -0.25) is 4.79 Å².